The summed E-state index contributed by atoms with van der Waals surface area (Å²) in [5.74, 6) is -0.0470. The van der Waals surface area contributed by atoms with Crippen molar-refractivity contribution >= 4 is 28.9 Å². The van der Waals surface area contributed by atoms with Crippen molar-refractivity contribution in [3.63, 3.8) is 0 Å². The number of ether oxygens (including phenoxy) is 2. The van der Waals surface area contributed by atoms with Crippen LogP contribution in [0.4, 0.5) is 5.69 Å². The van der Waals surface area contributed by atoms with Gasteiger partial charge in [0.15, 0.2) is 6.10 Å². The predicted octanol–water partition coefficient (Wildman–Crippen LogP) is 4.21. The van der Waals surface area contributed by atoms with Gasteiger partial charge in [0.1, 0.15) is 10.6 Å². The van der Waals surface area contributed by atoms with E-state index in [2.05, 4.69) is 5.32 Å². The number of esters is 1. The maximum Gasteiger partial charge on any atom is 0.349 e. The topological polar surface area (TPSA) is 64.6 Å². The Balaban J connectivity index is 1.56. The fraction of sp³-hybridized carbons (Fsp3) is 0.400. The average Bonchev–Trinajstić information content (AvgIpc) is 3.08. The Hall–Kier alpha value is -2.34. The van der Waals surface area contributed by atoms with E-state index in [1.54, 1.807) is 31.2 Å². The molecule has 1 aromatic heterocycles. The zero-order valence-electron chi connectivity index (χ0n) is 15.0. The first-order valence-electron chi connectivity index (χ1n) is 8.93. The van der Waals surface area contributed by atoms with Crippen LogP contribution in [0.15, 0.2) is 30.3 Å². The normalized spacial score (nSPS) is 14.2. The molecule has 0 spiro atoms. The highest BCUT2D eigenvalue weighted by Crippen LogP contribution is 2.30. The van der Waals surface area contributed by atoms with Crippen molar-refractivity contribution in [1.29, 1.82) is 0 Å². The maximum atomic E-state index is 12.3. The van der Waals surface area contributed by atoms with Crippen molar-refractivity contribution < 1.29 is 19.1 Å². The summed E-state index contributed by atoms with van der Waals surface area (Å²) >= 11 is 1.49. The number of carbonyl (C=O) groups is 2. The molecule has 5 nitrogen and oxygen atoms in total. The number of anilines is 1. The summed E-state index contributed by atoms with van der Waals surface area (Å²) in [6, 6.07) is 8.99. The fourth-order valence-corrected chi connectivity index (χ4v) is 4.05. The molecule has 0 saturated heterocycles. The van der Waals surface area contributed by atoms with Crippen LogP contribution in [-0.2, 0) is 22.4 Å². The maximum absolute atomic E-state index is 12.3. The van der Waals surface area contributed by atoms with Gasteiger partial charge in [0.25, 0.3) is 5.91 Å². The molecule has 1 aliphatic rings. The molecule has 1 aliphatic carbocycles. The van der Waals surface area contributed by atoms with E-state index < -0.39 is 12.1 Å². The summed E-state index contributed by atoms with van der Waals surface area (Å²) < 4.78 is 10.7. The number of aryl methyl sites for hydroxylation is 2. The Kier molecular flexibility index (Phi) is 5.93. The summed E-state index contributed by atoms with van der Waals surface area (Å²) in [6.45, 7) is 4.08. The Bertz CT molecular complexity index is 758. The van der Waals surface area contributed by atoms with Crippen LogP contribution in [-0.4, -0.2) is 24.6 Å². The molecular weight excluding hydrogens is 350 g/mol. The molecule has 138 valence electrons. The summed E-state index contributed by atoms with van der Waals surface area (Å²) in [5, 5.41) is 2.75. The lowest BCUT2D eigenvalue weighted by molar-refractivity contribution is -0.123. The number of nitrogens with one attached hydrogen (secondary N) is 1. The van der Waals surface area contributed by atoms with E-state index in [1.165, 1.54) is 34.6 Å². The third-order valence-corrected chi connectivity index (χ3v) is 5.50. The summed E-state index contributed by atoms with van der Waals surface area (Å²) in [6.07, 6.45) is 3.52. The molecule has 1 heterocycles. The van der Waals surface area contributed by atoms with Crippen LogP contribution in [0.25, 0.3) is 0 Å². The number of hydrogen-bond acceptors (Lipinski definition) is 5. The van der Waals surface area contributed by atoms with Crippen LogP contribution in [0.3, 0.4) is 0 Å². The highest BCUT2D eigenvalue weighted by molar-refractivity contribution is 7.14. The van der Waals surface area contributed by atoms with Crippen LogP contribution < -0.4 is 10.1 Å². The Morgan fingerprint density at radius 1 is 1.19 bits per heavy atom. The van der Waals surface area contributed by atoms with Crippen LogP contribution in [0.5, 0.6) is 5.75 Å². The standard InChI is InChI=1S/C20H23NO4S/c1-3-24-16-10-8-15(9-11-16)21-19(22)13(2)25-20(23)18-12-14-6-4-5-7-17(14)26-18/h8-13H,3-7H2,1-2H3,(H,21,22)/t13-/m1/s1. The predicted molar refractivity (Wildman–Crippen MR) is 102 cm³/mol. The Labute approximate surface area is 157 Å². The molecule has 0 saturated carbocycles. The van der Waals surface area contributed by atoms with E-state index in [1.807, 2.05) is 13.0 Å². The minimum Gasteiger partial charge on any atom is -0.494 e. The lowest BCUT2D eigenvalue weighted by Crippen LogP contribution is -2.29. The van der Waals surface area contributed by atoms with Gasteiger partial charge in [-0.2, -0.15) is 0 Å². The van der Waals surface area contributed by atoms with Crippen LogP contribution in [0, 0.1) is 0 Å². The molecule has 0 aliphatic heterocycles. The second-order valence-corrected chi connectivity index (χ2v) is 7.40. The van der Waals surface area contributed by atoms with Gasteiger partial charge in [0, 0.05) is 10.6 Å². The first-order chi connectivity index (χ1) is 12.6. The minimum atomic E-state index is -0.867. The number of fused-ring (bicyclic) bond motifs is 1. The molecule has 3 rings (SSSR count). The number of rotatable bonds is 6. The lowest BCUT2D eigenvalue weighted by atomic mass is 9.99. The zero-order chi connectivity index (χ0) is 18.5. The van der Waals surface area contributed by atoms with Crippen molar-refractivity contribution in [2.24, 2.45) is 0 Å². The molecule has 26 heavy (non-hydrogen) atoms. The minimum absolute atomic E-state index is 0.358. The fourth-order valence-electron chi connectivity index (χ4n) is 2.91. The van der Waals surface area contributed by atoms with Crippen molar-refractivity contribution in [2.75, 3.05) is 11.9 Å². The van der Waals surface area contributed by atoms with E-state index >= 15 is 0 Å². The number of carbonyl (C=O) groups excluding carboxylic acids is 2. The van der Waals surface area contributed by atoms with Gasteiger partial charge in [0.05, 0.1) is 6.61 Å². The molecule has 0 radical (unpaired) electrons. The van der Waals surface area contributed by atoms with Crippen molar-refractivity contribution in [2.45, 2.75) is 45.6 Å². The molecule has 2 aromatic rings. The van der Waals surface area contributed by atoms with Gasteiger partial charge in [-0.05, 0) is 75.4 Å². The SMILES string of the molecule is CCOc1ccc(NC(=O)[C@@H](C)OC(=O)c2cc3c(s2)CCCC3)cc1. The number of thiophene rings is 1. The van der Waals surface area contributed by atoms with Gasteiger partial charge in [-0.25, -0.2) is 4.79 Å². The summed E-state index contributed by atoms with van der Waals surface area (Å²) in [7, 11) is 0. The van der Waals surface area contributed by atoms with E-state index in [0.717, 1.165) is 18.6 Å². The first kappa shape index (κ1) is 18.5. The summed E-state index contributed by atoms with van der Waals surface area (Å²) in [5.41, 5.74) is 1.88. The molecule has 0 unspecified atom stereocenters. The molecular formula is C20H23NO4S. The molecule has 1 aromatic carbocycles. The van der Waals surface area contributed by atoms with Gasteiger partial charge >= 0.3 is 5.97 Å². The highest BCUT2D eigenvalue weighted by Gasteiger charge is 2.22. The van der Waals surface area contributed by atoms with E-state index in [-0.39, 0.29) is 5.91 Å². The molecule has 6 heteroatoms. The van der Waals surface area contributed by atoms with Gasteiger partial charge < -0.3 is 14.8 Å². The Morgan fingerprint density at radius 2 is 1.92 bits per heavy atom. The lowest BCUT2D eigenvalue weighted by Gasteiger charge is -2.13. The van der Waals surface area contributed by atoms with Crippen molar-refractivity contribution in [3.8, 4) is 5.75 Å². The summed E-state index contributed by atoms with van der Waals surface area (Å²) in [4.78, 5) is 26.5. The van der Waals surface area contributed by atoms with Crippen LogP contribution >= 0.6 is 11.3 Å². The molecule has 1 amide bonds. The van der Waals surface area contributed by atoms with E-state index in [0.29, 0.717) is 17.2 Å². The third-order valence-electron chi connectivity index (χ3n) is 4.28. The molecule has 0 fully saturated rings. The first-order valence-corrected chi connectivity index (χ1v) is 9.74. The largest absolute Gasteiger partial charge is 0.494 e. The highest BCUT2D eigenvalue weighted by atomic mass is 32.1. The molecule has 1 atom stereocenters. The second-order valence-electron chi connectivity index (χ2n) is 6.26. The average molecular weight is 373 g/mol. The quantitative estimate of drug-likeness (QED) is 0.771. The van der Waals surface area contributed by atoms with E-state index in [9.17, 15) is 9.59 Å². The Morgan fingerprint density at radius 3 is 2.62 bits per heavy atom. The smallest absolute Gasteiger partial charge is 0.349 e. The number of amides is 1. The monoisotopic (exact) mass is 373 g/mol. The third kappa shape index (κ3) is 4.43. The second kappa shape index (κ2) is 8.36. The van der Waals surface area contributed by atoms with Crippen LogP contribution in [0.2, 0.25) is 0 Å². The molecule has 0 bridgehead atoms. The van der Waals surface area contributed by atoms with Gasteiger partial charge in [-0.1, -0.05) is 0 Å². The number of hydrogen-bond donors (Lipinski definition) is 1. The van der Waals surface area contributed by atoms with Crippen molar-refractivity contribution in [3.05, 3.63) is 45.6 Å². The van der Waals surface area contributed by atoms with E-state index in [4.69, 9.17) is 9.47 Å². The van der Waals surface area contributed by atoms with Gasteiger partial charge in [0.2, 0.25) is 0 Å². The van der Waals surface area contributed by atoms with Gasteiger partial charge in [-0.15, -0.1) is 11.3 Å². The molecule has 1 N–H and O–H groups in total. The zero-order valence-corrected chi connectivity index (χ0v) is 15.9. The van der Waals surface area contributed by atoms with Crippen molar-refractivity contribution in [1.82, 2.24) is 0 Å². The van der Waals surface area contributed by atoms with Gasteiger partial charge in [-0.3, -0.25) is 4.79 Å². The number of benzene rings is 1. The van der Waals surface area contributed by atoms with Crippen LogP contribution in [0.1, 0.15) is 46.8 Å².